The summed E-state index contributed by atoms with van der Waals surface area (Å²) in [5.74, 6) is 0.108. The van der Waals surface area contributed by atoms with Crippen molar-refractivity contribution < 1.29 is 9.18 Å². The molecule has 0 bridgehead atoms. The van der Waals surface area contributed by atoms with E-state index in [4.69, 9.17) is 0 Å². The maximum atomic E-state index is 13.4. The summed E-state index contributed by atoms with van der Waals surface area (Å²) in [4.78, 5) is 11.0. The van der Waals surface area contributed by atoms with Crippen molar-refractivity contribution in [2.24, 2.45) is 5.92 Å². The Morgan fingerprint density at radius 2 is 2.29 bits per heavy atom. The van der Waals surface area contributed by atoms with Crippen LogP contribution < -0.4 is 0 Å². The highest BCUT2D eigenvalue weighted by Crippen LogP contribution is 2.48. The Hall–Kier alpha value is -0.700. The quantitative estimate of drug-likeness (QED) is 0.794. The van der Waals surface area contributed by atoms with Gasteiger partial charge in [0.2, 0.25) is 0 Å². The normalized spacial score (nSPS) is 24.8. The summed E-state index contributed by atoms with van der Waals surface area (Å²) in [7, 11) is 0. The number of halogens is 2. The van der Waals surface area contributed by atoms with E-state index in [1.807, 2.05) is 6.07 Å². The average Bonchev–Trinajstić information content (AvgIpc) is 2.83. The maximum absolute atomic E-state index is 13.4. The fraction of sp³-hybridized carbons (Fsp3) is 0.364. The van der Waals surface area contributed by atoms with E-state index in [0.717, 1.165) is 10.9 Å². The molecule has 0 N–H and O–H groups in total. The Morgan fingerprint density at radius 3 is 2.79 bits per heavy atom. The molecular formula is C11H10BrFO. The van der Waals surface area contributed by atoms with Gasteiger partial charge in [-0.15, -0.1) is 0 Å². The molecule has 1 aromatic carbocycles. The van der Waals surface area contributed by atoms with Gasteiger partial charge in [-0.3, -0.25) is 4.79 Å². The zero-order chi connectivity index (χ0) is 10.3. The number of ketones is 1. The Labute approximate surface area is 90.4 Å². The van der Waals surface area contributed by atoms with Crippen LogP contribution in [0.5, 0.6) is 0 Å². The van der Waals surface area contributed by atoms with Gasteiger partial charge in [0.1, 0.15) is 11.6 Å². The van der Waals surface area contributed by atoms with Crippen LogP contribution in [0.3, 0.4) is 0 Å². The lowest BCUT2D eigenvalue weighted by atomic mass is 10.1. The summed E-state index contributed by atoms with van der Waals surface area (Å²) in [5.41, 5.74) is 0.674. The highest BCUT2D eigenvalue weighted by Gasteiger charge is 2.42. The van der Waals surface area contributed by atoms with Crippen LogP contribution in [-0.2, 0) is 4.79 Å². The Morgan fingerprint density at radius 1 is 1.57 bits per heavy atom. The number of carbonyl (C=O) groups excluding carboxylic acids is 1. The van der Waals surface area contributed by atoms with Crippen LogP contribution in [0.1, 0.15) is 24.8 Å². The van der Waals surface area contributed by atoms with Gasteiger partial charge in [-0.25, -0.2) is 4.39 Å². The highest BCUT2D eigenvalue weighted by molar-refractivity contribution is 9.10. The minimum Gasteiger partial charge on any atom is -0.300 e. The van der Waals surface area contributed by atoms with Gasteiger partial charge < -0.3 is 0 Å². The fourth-order valence-electron chi connectivity index (χ4n) is 1.79. The highest BCUT2D eigenvalue weighted by atomic mass is 79.9. The molecule has 2 atom stereocenters. The number of carbonyl (C=O) groups is 1. The number of hydrogen-bond donors (Lipinski definition) is 0. The third kappa shape index (κ3) is 1.73. The second kappa shape index (κ2) is 3.46. The summed E-state index contributed by atoms with van der Waals surface area (Å²) in [6.45, 7) is 1.57. The number of benzene rings is 1. The molecule has 0 unspecified atom stereocenters. The van der Waals surface area contributed by atoms with Crippen molar-refractivity contribution in [1.29, 1.82) is 0 Å². The van der Waals surface area contributed by atoms with E-state index in [2.05, 4.69) is 15.9 Å². The van der Waals surface area contributed by atoms with Crippen molar-refractivity contribution >= 4 is 21.7 Å². The number of rotatable bonds is 2. The molecule has 0 spiro atoms. The second-order valence-corrected chi connectivity index (χ2v) is 4.64. The van der Waals surface area contributed by atoms with Gasteiger partial charge in [0.05, 0.1) is 0 Å². The minimum absolute atomic E-state index is 0.0469. The van der Waals surface area contributed by atoms with Gasteiger partial charge in [-0.1, -0.05) is 22.0 Å². The molecule has 74 valence electrons. The largest absolute Gasteiger partial charge is 0.300 e. The molecule has 1 aliphatic rings. The van der Waals surface area contributed by atoms with E-state index in [0.29, 0.717) is 5.56 Å². The molecule has 1 fully saturated rings. The van der Waals surface area contributed by atoms with Crippen molar-refractivity contribution in [3.05, 3.63) is 34.1 Å². The molecule has 1 aliphatic carbocycles. The predicted molar refractivity (Wildman–Crippen MR) is 55.6 cm³/mol. The van der Waals surface area contributed by atoms with E-state index in [9.17, 15) is 9.18 Å². The van der Waals surface area contributed by atoms with Crippen molar-refractivity contribution in [2.45, 2.75) is 19.3 Å². The number of hydrogen-bond acceptors (Lipinski definition) is 1. The van der Waals surface area contributed by atoms with Crippen LogP contribution in [0.15, 0.2) is 22.7 Å². The molecule has 2 rings (SSSR count). The van der Waals surface area contributed by atoms with Crippen molar-refractivity contribution in [2.75, 3.05) is 0 Å². The molecule has 3 heteroatoms. The van der Waals surface area contributed by atoms with Crippen LogP contribution in [0, 0.1) is 11.7 Å². The molecule has 0 radical (unpaired) electrons. The first-order chi connectivity index (χ1) is 6.59. The second-order valence-electron chi connectivity index (χ2n) is 3.73. The summed E-state index contributed by atoms with van der Waals surface area (Å²) >= 11 is 3.20. The molecule has 14 heavy (non-hydrogen) atoms. The van der Waals surface area contributed by atoms with Crippen molar-refractivity contribution in [3.63, 3.8) is 0 Å². The topological polar surface area (TPSA) is 17.1 Å². The third-order valence-corrected chi connectivity index (χ3v) is 3.17. The van der Waals surface area contributed by atoms with Crippen LogP contribution >= 0.6 is 15.9 Å². The van der Waals surface area contributed by atoms with E-state index >= 15 is 0 Å². The molecule has 0 saturated heterocycles. The average molecular weight is 257 g/mol. The zero-order valence-corrected chi connectivity index (χ0v) is 9.34. The molecule has 0 heterocycles. The molecule has 1 nitrogen and oxygen atoms in total. The van der Waals surface area contributed by atoms with E-state index < -0.39 is 0 Å². The first kappa shape index (κ1) is 9.84. The maximum Gasteiger partial charge on any atom is 0.133 e. The van der Waals surface area contributed by atoms with Crippen LogP contribution in [0.2, 0.25) is 0 Å². The first-order valence-electron chi connectivity index (χ1n) is 4.55. The zero-order valence-electron chi connectivity index (χ0n) is 7.76. The standard InChI is InChI=1S/C11H10BrFO/c1-6(14)9-5-10(9)8-3-2-7(12)4-11(8)13/h2-4,9-10H,5H2,1H3/t9-,10+/m0/s1. The van der Waals surface area contributed by atoms with Crippen molar-refractivity contribution in [3.8, 4) is 0 Å². The van der Waals surface area contributed by atoms with Crippen LogP contribution in [-0.4, -0.2) is 5.78 Å². The van der Waals surface area contributed by atoms with E-state index in [1.165, 1.54) is 6.07 Å². The smallest absolute Gasteiger partial charge is 0.133 e. The lowest BCUT2D eigenvalue weighted by molar-refractivity contribution is -0.118. The predicted octanol–water partition coefficient (Wildman–Crippen LogP) is 3.28. The fourth-order valence-corrected chi connectivity index (χ4v) is 2.12. The van der Waals surface area contributed by atoms with Crippen molar-refractivity contribution in [1.82, 2.24) is 0 Å². The lowest BCUT2D eigenvalue weighted by Gasteiger charge is -2.01. The third-order valence-electron chi connectivity index (χ3n) is 2.67. The number of Topliss-reactive ketones (excluding diaryl/α,β-unsaturated/α-hetero) is 1. The SMILES string of the molecule is CC(=O)[C@@H]1C[C@@H]1c1ccc(Br)cc1F. The Balaban J connectivity index is 2.23. The molecular weight excluding hydrogens is 247 g/mol. The monoisotopic (exact) mass is 256 g/mol. The van der Waals surface area contributed by atoms with Gasteiger partial charge in [0.15, 0.2) is 0 Å². The summed E-state index contributed by atoms with van der Waals surface area (Å²) in [6, 6.07) is 5.02. The molecule has 0 aromatic heterocycles. The Kier molecular flexibility index (Phi) is 2.43. The summed E-state index contributed by atoms with van der Waals surface area (Å²) in [6.07, 6.45) is 0.799. The molecule has 0 amide bonds. The molecule has 1 aromatic rings. The summed E-state index contributed by atoms with van der Waals surface area (Å²) < 4.78 is 14.2. The van der Waals surface area contributed by atoms with Gasteiger partial charge >= 0.3 is 0 Å². The Bertz CT molecular complexity index is 389. The minimum atomic E-state index is -0.215. The van der Waals surface area contributed by atoms with Gasteiger partial charge in [0.25, 0.3) is 0 Å². The molecule has 0 aliphatic heterocycles. The van der Waals surface area contributed by atoms with Crippen LogP contribution in [0.25, 0.3) is 0 Å². The summed E-state index contributed by atoms with van der Waals surface area (Å²) in [5, 5.41) is 0. The lowest BCUT2D eigenvalue weighted by Crippen LogP contribution is -1.96. The van der Waals surface area contributed by atoms with Gasteiger partial charge in [-0.2, -0.15) is 0 Å². The van der Waals surface area contributed by atoms with Gasteiger partial charge in [-0.05, 0) is 37.0 Å². The molecule has 1 saturated carbocycles. The first-order valence-corrected chi connectivity index (χ1v) is 5.34. The van der Waals surface area contributed by atoms with Gasteiger partial charge in [0, 0.05) is 10.4 Å². The van der Waals surface area contributed by atoms with E-state index in [1.54, 1.807) is 13.0 Å². The van der Waals surface area contributed by atoms with Crippen LogP contribution in [0.4, 0.5) is 4.39 Å². The van der Waals surface area contributed by atoms with E-state index in [-0.39, 0.29) is 23.4 Å².